The van der Waals surface area contributed by atoms with Gasteiger partial charge in [0.15, 0.2) is 0 Å². The van der Waals surface area contributed by atoms with E-state index in [1.54, 1.807) is 0 Å². The Morgan fingerprint density at radius 3 is 2.00 bits per heavy atom. The molecule has 0 spiro atoms. The van der Waals surface area contributed by atoms with E-state index in [-0.39, 0.29) is 0 Å². The number of hydrogen-bond acceptors (Lipinski definition) is 8. The molecule has 96 valence electrons. The highest BCUT2D eigenvalue weighted by molar-refractivity contribution is 7.61. The molecule has 16 heavy (non-hydrogen) atoms. The predicted molar refractivity (Wildman–Crippen MR) is 48.6 cm³/mol. The molecular formula is C4H11O10P2+. The van der Waals surface area contributed by atoms with Crippen LogP contribution in [0, 0.1) is 0 Å². The van der Waals surface area contributed by atoms with Crippen LogP contribution in [0.15, 0.2) is 0 Å². The van der Waals surface area contributed by atoms with E-state index in [9.17, 15) is 9.36 Å². The van der Waals surface area contributed by atoms with Gasteiger partial charge in [0.25, 0.3) is 0 Å². The monoisotopic (exact) mass is 281 g/mol. The maximum atomic E-state index is 11.1. The smallest absolute Gasteiger partial charge is 0.393 e. The first kappa shape index (κ1) is 16.0. The van der Waals surface area contributed by atoms with Crippen LogP contribution in [0.3, 0.4) is 0 Å². The molecule has 0 aliphatic heterocycles. The third-order valence-electron chi connectivity index (χ3n) is 1.30. The quantitative estimate of drug-likeness (QED) is 0.249. The molecule has 0 amide bonds. The van der Waals surface area contributed by atoms with Crippen molar-refractivity contribution in [3.8, 4) is 0 Å². The Balaban J connectivity index is 4.97. The molecule has 10 nitrogen and oxygen atoms in total. The lowest BCUT2D eigenvalue weighted by molar-refractivity contribution is -0.134. The van der Waals surface area contributed by atoms with E-state index in [1.165, 1.54) is 0 Å². The van der Waals surface area contributed by atoms with Crippen molar-refractivity contribution in [3.05, 3.63) is 0 Å². The number of phosphoric acid groups is 1. The normalized spacial score (nSPS) is 16.9. The summed E-state index contributed by atoms with van der Waals surface area (Å²) in [5.74, 6) is -4.37. The molecule has 0 aliphatic rings. The van der Waals surface area contributed by atoms with Crippen LogP contribution in [0.25, 0.3) is 0 Å². The van der Waals surface area contributed by atoms with Crippen molar-refractivity contribution < 1.29 is 48.6 Å². The van der Waals surface area contributed by atoms with E-state index < -0.39 is 40.1 Å². The van der Waals surface area contributed by atoms with Gasteiger partial charge in [0, 0.05) is 0 Å². The van der Waals surface area contributed by atoms with E-state index >= 15 is 0 Å². The Morgan fingerprint density at radius 1 is 1.31 bits per heavy atom. The zero-order valence-electron chi connectivity index (χ0n) is 7.61. The van der Waals surface area contributed by atoms with Gasteiger partial charge in [-0.1, -0.05) is 0 Å². The summed E-state index contributed by atoms with van der Waals surface area (Å²) in [5, 5.41) is 17.2. The van der Waals surface area contributed by atoms with E-state index in [1.807, 2.05) is 0 Å². The van der Waals surface area contributed by atoms with Crippen LogP contribution in [0.5, 0.6) is 0 Å². The van der Waals surface area contributed by atoms with Crippen molar-refractivity contribution in [2.75, 3.05) is 6.61 Å². The van der Waals surface area contributed by atoms with Gasteiger partial charge in [-0.3, -0.25) is 4.79 Å². The lowest BCUT2D eigenvalue weighted by Crippen LogP contribution is -2.37. The summed E-state index contributed by atoms with van der Waals surface area (Å²) in [6.45, 7) is -1.14. The number of Topliss-reactive ketones (excluding diaryl/α,β-unsaturated/α-hetero) is 1. The Labute approximate surface area is 89.6 Å². The van der Waals surface area contributed by atoms with Crippen LogP contribution in [-0.2, 0) is 13.9 Å². The topological polar surface area (TPSA) is 185 Å². The summed E-state index contributed by atoms with van der Waals surface area (Å²) >= 11 is 0. The fourth-order valence-corrected chi connectivity index (χ4v) is 2.42. The van der Waals surface area contributed by atoms with Gasteiger partial charge in [-0.25, -0.2) is 9.09 Å². The molecule has 0 aromatic carbocycles. The maximum absolute atomic E-state index is 11.1. The fourth-order valence-electron chi connectivity index (χ4n) is 0.671. The Hall–Kier alpha value is 0.01000. The van der Waals surface area contributed by atoms with E-state index in [4.69, 9.17) is 34.7 Å². The van der Waals surface area contributed by atoms with Gasteiger partial charge in [-0.2, -0.15) is 14.7 Å². The summed E-state index contributed by atoms with van der Waals surface area (Å²) in [7, 11) is -10.4. The van der Waals surface area contributed by atoms with Crippen LogP contribution in [0.1, 0.15) is 0 Å². The summed E-state index contributed by atoms with van der Waals surface area (Å²) in [6.07, 6.45) is -2.16. The first-order valence-corrected chi connectivity index (χ1v) is 6.87. The van der Waals surface area contributed by atoms with Crippen molar-refractivity contribution in [2.24, 2.45) is 0 Å². The number of rotatable bonds is 6. The fraction of sp³-hybridized carbons (Fsp3) is 0.750. The molecule has 0 aromatic rings. The molecule has 7 N–H and O–H groups in total. The van der Waals surface area contributed by atoms with E-state index in [2.05, 4.69) is 4.52 Å². The van der Waals surface area contributed by atoms with Crippen LogP contribution < -0.4 is 0 Å². The zero-order valence-corrected chi connectivity index (χ0v) is 9.40. The molecule has 0 heterocycles. The summed E-state index contributed by atoms with van der Waals surface area (Å²) in [6, 6.07) is 0. The predicted octanol–water partition coefficient (Wildman–Crippen LogP) is -2.92. The van der Waals surface area contributed by atoms with Crippen LogP contribution in [-0.4, -0.2) is 59.0 Å². The highest BCUT2D eigenvalue weighted by atomic mass is 31.2. The maximum Gasteiger partial charge on any atom is 0.473 e. The van der Waals surface area contributed by atoms with Gasteiger partial charge >= 0.3 is 21.6 Å². The summed E-state index contributed by atoms with van der Waals surface area (Å²) in [4.78, 5) is 53.8. The number of hydrogen-bond donors (Lipinski definition) is 7. The van der Waals surface area contributed by atoms with Crippen molar-refractivity contribution >= 4 is 21.5 Å². The molecule has 0 saturated heterocycles. The first-order chi connectivity index (χ1) is 6.99. The second kappa shape index (κ2) is 5.56. The molecule has 0 bridgehead atoms. The highest BCUT2D eigenvalue weighted by Gasteiger charge is 2.54. The lowest BCUT2D eigenvalue weighted by Gasteiger charge is -2.18. The van der Waals surface area contributed by atoms with Crippen LogP contribution in [0.4, 0.5) is 0 Å². The van der Waals surface area contributed by atoms with Gasteiger partial charge in [-0.15, -0.1) is 0 Å². The minimum absolute atomic E-state index is 1.14. The van der Waals surface area contributed by atoms with Gasteiger partial charge in [0.1, 0.15) is 6.10 Å². The summed E-state index contributed by atoms with van der Waals surface area (Å²) in [5.41, 5.74) is 0. The van der Waals surface area contributed by atoms with Gasteiger partial charge in [0.2, 0.25) is 5.78 Å². The third-order valence-corrected chi connectivity index (χ3v) is 2.94. The highest BCUT2D eigenvalue weighted by Crippen LogP contribution is 2.56. The third kappa shape index (κ3) is 5.37. The molecule has 0 aromatic heterocycles. The Bertz CT molecular complexity index is 290. The number of carbonyl (C=O) groups is 1. The van der Waals surface area contributed by atoms with Crippen molar-refractivity contribution in [1.29, 1.82) is 0 Å². The minimum atomic E-state index is -5.29. The van der Waals surface area contributed by atoms with Gasteiger partial charge in [-0.05, 0) is 0 Å². The largest absolute Gasteiger partial charge is 0.473 e. The van der Waals surface area contributed by atoms with Crippen LogP contribution in [0.2, 0.25) is 0 Å². The van der Waals surface area contributed by atoms with Gasteiger partial charge < -0.3 is 20.0 Å². The standard InChI is InChI=1S/C4H10O10P2/c5-1-2(6)3(7)4(15(8,9)10)14-16(11,12)13/h2,4-6,8-10H,1H2,(H-,11,12,13)/p+1/t2-,4?/m1/s1. The average molecular weight is 281 g/mol. The van der Waals surface area contributed by atoms with Crippen molar-refractivity contribution in [1.82, 2.24) is 0 Å². The first-order valence-electron chi connectivity index (χ1n) is 3.62. The molecule has 0 aliphatic carbocycles. The van der Waals surface area contributed by atoms with Crippen molar-refractivity contribution in [3.63, 3.8) is 0 Å². The second-order valence-electron chi connectivity index (χ2n) is 2.66. The molecule has 0 rings (SSSR count). The average Bonchev–Trinajstić information content (AvgIpc) is 2.08. The van der Waals surface area contributed by atoms with Gasteiger partial charge in [0.05, 0.1) is 6.61 Å². The van der Waals surface area contributed by atoms with E-state index in [0.717, 1.165) is 0 Å². The Kier molecular flexibility index (Phi) is 5.57. The number of aliphatic hydroxyl groups excluding tert-OH is 2. The van der Waals surface area contributed by atoms with E-state index in [0.29, 0.717) is 0 Å². The second-order valence-corrected chi connectivity index (χ2v) is 5.55. The van der Waals surface area contributed by atoms with Crippen LogP contribution >= 0.6 is 15.8 Å². The molecule has 12 heteroatoms. The Morgan fingerprint density at radius 2 is 1.75 bits per heavy atom. The molecule has 0 fully saturated rings. The SMILES string of the molecule is O=C(C(OP(=O)(O)O)[P+](O)(O)O)[C@H](O)CO. The number of ketones is 1. The number of aliphatic hydroxyl groups is 2. The minimum Gasteiger partial charge on any atom is -0.393 e. The molecular weight excluding hydrogens is 270 g/mol. The molecule has 2 atom stereocenters. The molecule has 1 unspecified atom stereocenters. The summed E-state index contributed by atoms with van der Waals surface area (Å²) < 4.78 is 14.0. The molecule has 0 radical (unpaired) electrons. The molecule has 0 saturated carbocycles. The number of phosphoric ester groups is 1. The zero-order chi connectivity index (χ0) is 13.1. The number of carbonyl (C=O) groups excluding carboxylic acids is 1. The van der Waals surface area contributed by atoms with Crippen molar-refractivity contribution in [2.45, 2.75) is 11.9 Å². The lowest BCUT2D eigenvalue weighted by atomic mass is 10.2.